The maximum absolute atomic E-state index is 11.0. The second-order valence-electron chi connectivity index (χ2n) is 4.61. The number of para-hydroxylation sites is 1. The number of hydrogen-bond donors (Lipinski definition) is 0. The summed E-state index contributed by atoms with van der Waals surface area (Å²) >= 11 is 0. The molecule has 0 bridgehead atoms. The predicted octanol–water partition coefficient (Wildman–Crippen LogP) is 3.05. The summed E-state index contributed by atoms with van der Waals surface area (Å²) in [5.41, 5.74) is 0.586. The third kappa shape index (κ3) is 4.72. The number of methoxy groups -OCH3 is 1. The molecule has 0 aliphatic heterocycles. The quantitative estimate of drug-likeness (QED) is 0.595. The molecule has 3 heteroatoms. The van der Waals surface area contributed by atoms with E-state index in [0.29, 0.717) is 0 Å². The number of carbonyl (C=O) groups excluding carboxylic acids is 1. The van der Waals surface area contributed by atoms with E-state index >= 15 is 0 Å². The summed E-state index contributed by atoms with van der Waals surface area (Å²) in [5.74, 6) is 0.371. The minimum absolute atomic E-state index is 0.269. The SMILES string of the molecule is COC(=O)C=Cc1ccccc1OC(C)(C)C. The first-order valence-corrected chi connectivity index (χ1v) is 5.46. The highest BCUT2D eigenvalue weighted by atomic mass is 16.5. The van der Waals surface area contributed by atoms with Crippen molar-refractivity contribution >= 4 is 12.0 Å². The summed E-state index contributed by atoms with van der Waals surface area (Å²) in [5, 5.41) is 0. The molecule has 0 fully saturated rings. The smallest absolute Gasteiger partial charge is 0.330 e. The first kappa shape index (κ1) is 13.3. The van der Waals surface area contributed by atoms with Crippen LogP contribution in [0.4, 0.5) is 0 Å². The molecule has 0 radical (unpaired) electrons. The summed E-state index contributed by atoms with van der Waals surface area (Å²) in [4.78, 5) is 11.0. The molecular weight excluding hydrogens is 216 g/mol. The van der Waals surface area contributed by atoms with Crippen LogP contribution < -0.4 is 4.74 Å². The molecule has 0 aromatic heterocycles. The molecule has 1 rings (SSSR count). The summed E-state index contributed by atoms with van der Waals surface area (Å²) in [6, 6.07) is 7.56. The molecule has 0 atom stereocenters. The van der Waals surface area contributed by atoms with Crippen molar-refractivity contribution in [1.29, 1.82) is 0 Å². The van der Waals surface area contributed by atoms with Crippen molar-refractivity contribution in [3.05, 3.63) is 35.9 Å². The average Bonchev–Trinajstić information content (AvgIpc) is 2.25. The van der Waals surface area contributed by atoms with Gasteiger partial charge in [-0.2, -0.15) is 0 Å². The fraction of sp³-hybridized carbons (Fsp3) is 0.357. The van der Waals surface area contributed by atoms with Crippen molar-refractivity contribution in [2.45, 2.75) is 26.4 Å². The first-order chi connectivity index (χ1) is 7.92. The van der Waals surface area contributed by atoms with E-state index < -0.39 is 0 Å². The van der Waals surface area contributed by atoms with E-state index in [2.05, 4.69) is 4.74 Å². The van der Waals surface area contributed by atoms with Crippen molar-refractivity contribution in [2.75, 3.05) is 7.11 Å². The zero-order chi connectivity index (χ0) is 12.9. The number of benzene rings is 1. The van der Waals surface area contributed by atoms with Crippen LogP contribution in [-0.4, -0.2) is 18.7 Å². The molecule has 0 N–H and O–H groups in total. The van der Waals surface area contributed by atoms with Gasteiger partial charge in [0, 0.05) is 11.6 Å². The molecule has 0 amide bonds. The highest BCUT2D eigenvalue weighted by Gasteiger charge is 2.13. The molecule has 17 heavy (non-hydrogen) atoms. The van der Waals surface area contributed by atoms with Crippen molar-refractivity contribution in [3.63, 3.8) is 0 Å². The van der Waals surface area contributed by atoms with Crippen molar-refractivity contribution in [2.24, 2.45) is 0 Å². The molecule has 0 aliphatic carbocycles. The van der Waals surface area contributed by atoms with E-state index in [-0.39, 0.29) is 11.6 Å². The molecule has 0 spiro atoms. The number of carbonyl (C=O) groups is 1. The Morgan fingerprint density at radius 3 is 2.47 bits per heavy atom. The Bertz CT molecular complexity index is 414. The van der Waals surface area contributed by atoms with Gasteiger partial charge in [-0.3, -0.25) is 0 Å². The Morgan fingerprint density at radius 2 is 1.88 bits per heavy atom. The van der Waals surface area contributed by atoms with E-state index in [9.17, 15) is 4.79 Å². The second kappa shape index (κ2) is 5.53. The number of ether oxygens (including phenoxy) is 2. The van der Waals surface area contributed by atoms with Crippen LogP contribution in [0.15, 0.2) is 30.3 Å². The van der Waals surface area contributed by atoms with Crippen molar-refractivity contribution in [3.8, 4) is 5.75 Å². The molecule has 92 valence electrons. The number of hydrogen-bond acceptors (Lipinski definition) is 3. The lowest BCUT2D eigenvalue weighted by molar-refractivity contribution is -0.134. The third-order valence-electron chi connectivity index (χ3n) is 1.94. The fourth-order valence-corrected chi connectivity index (χ4v) is 1.27. The van der Waals surface area contributed by atoms with Gasteiger partial charge in [0.15, 0.2) is 0 Å². The van der Waals surface area contributed by atoms with Crippen molar-refractivity contribution < 1.29 is 14.3 Å². The Balaban J connectivity index is 2.92. The van der Waals surface area contributed by atoms with Gasteiger partial charge in [-0.05, 0) is 32.9 Å². The maximum Gasteiger partial charge on any atom is 0.330 e. The van der Waals surface area contributed by atoms with E-state index in [1.54, 1.807) is 6.08 Å². The molecule has 0 heterocycles. The van der Waals surface area contributed by atoms with Gasteiger partial charge in [0.25, 0.3) is 0 Å². The molecule has 3 nitrogen and oxygen atoms in total. The van der Waals surface area contributed by atoms with E-state index in [1.807, 2.05) is 45.0 Å². The average molecular weight is 234 g/mol. The summed E-state index contributed by atoms with van der Waals surface area (Å²) in [6.45, 7) is 5.94. The Kier molecular flexibility index (Phi) is 4.32. The predicted molar refractivity (Wildman–Crippen MR) is 67.9 cm³/mol. The lowest BCUT2D eigenvalue weighted by Crippen LogP contribution is -2.23. The topological polar surface area (TPSA) is 35.5 Å². The van der Waals surface area contributed by atoms with Crippen LogP contribution in [0.2, 0.25) is 0 Å². The summed E-state index contributed by atoms with van der Waals surface area (Å²) in [7, 11) is 1.35. The minimum Gasteiger partial charge on any atom is -0.488 e. The zero-order valence-electron chi connectivity index (χ0n) is 10.7. The van der Waals surface area contributed by atoms with Crippen LogP contribution in [-0.2, 0) is 9.53 Å². The molecule has 0 unspecified atom stereocenters. The Hall–Kier alpha value is -1.77. The third-order valence-corrected chi connectivity index (χ3v) is 1.94. The lowest BCUT2D eigenvalue weighted by atomic mass is 10.1. The summed E-state index contributed by atoms with van der Waals surface area (Å²) in [6.07, 6.45) is 3.07. The van der Waals surface area contributed by atoms with Gasteiger partial charge >= 0.3 is 5.97 Å². The van der Waals surface area contributed by atoms with Gasteiger partial charge in [-0.1, -0.05) is 18.2 Å². The van der Waals surface area contributed by atoms with E-state index in [4.69, 9.17) is 4.74 Å². The Labute approximate surface area is 102 Å². The standard InChI is InChI=1S/C14H18O3/c1-14(2,3)17-12-8-6-5-7-11(12)9-10-13(15)16-4/h5-10H,1-4H3. The van der Waals surface area contributed by atoms with Gasteiger partial charge in [-0.15, -0.1) is 0 Å². The largest absolute Gasteiger partial charge is 0.488 e. The van der Waals surface area contributed by atoms with Crippen molar-refractivity contribution in [1.82, 2.24) is 0 Å². The summed E-state index contributed by atoms with van der Waals surface area (Å²) < 4.78 is 10.3. The highest BCUT2D eigenvalue weighted by Crippen LogP contribution is 2.23. The van der Waals surface area contributed by atoms with E-state index in [1.165, 1.54) is 13.2 Å². The van der Waals surface area contributed by atoms with Crippen LogP contribution in [0.25, 0.3) is 6.08 Å². The monoisotopic (exact) mass is 234 g/mol. The molecule has 0 saturated carbocycles. The van der Waals surface area contributed by atoms with Crippen LogP contribution in [0.3, 0.4) is 0 Å². The Morgan fingerprint density at radius 1 is 1.24 bits per heavy atom. The van der Waals surface area contributed by atoms with Crippen LogP contribution >= 0.6 is 0 Å². The highest BCUT2D eigenvalue weighted by molar-refractivity contribution is 5.87. The lowest BCUT2D eigenvalue weighted by Gasteiger charge is -2.22. The molecular formula is C14H18O3. The van der Waals surface area contributed by atoms with Crippen LogP contribution in [0.1, 0.15) is 26.3 Å². The number of rotatable bonds is 3. The van der Waals surface area contributed by atoms with Gasteiger partial charge in [0.05, 0.1) is 7.11 Å². The minimum atomic E-state index is -0.379. The first-order valence-electron chi connectivity index (χ1n) is 5.46. The maximum atomic E-state index is 11.0. The fourth-order valence-electron chi connectivity index (χ4n) is 1.27. The van der Waals surface area contributed by atoms with Crippen LogP contribution in [0.5, 0.6) is 5.75 Å². The van der Waals surface area contributed by atoms with Gasteiger partial charge in [0.1, 0.15) is 11.4 Å². The molecule has 1 aromatic carbocycles. The number of esters is 1. The van der Waals surface area contributed by atoms with Gasteiger partial charge < -0.3 is 9.47 Å². The molecule has 0 saturated heterocycles. The second-order valence-corrected chi connectivity index (χ2v) is 4.61. The zero-order valence-corrected chi connectivity index (χ0v) is 10.7. The van der Waals surface area contributed by atoms with Crippen LogP contribution in [0, 0.1) is 0 Å². The van der Waals surface area contributed by atoms with Gasteiger partial charge in [0.2, 0.25) is 0 Å². The molecule has 1 aromatic rings. The normalized spacial score (nSPS) is 11.5. The molecule has 0 aliphatic rings. The van der Waals surface area contributed by atoms with E-state index in [0.717, 1.165) is 11.3 Å². The van der Waals surface area contributed by atoms with Gasteiger partial charge in [-0.25, -0.2) is 4.79 Å².